The van der Waals surface area contributed by atoms with E-state index in [2.05, 4.69) is 400 Å². The van der Waals surface area contributed by atoms with Gasteiger partial charge in [-0.05, 0) is 270 Å². The summed E-state index contributed by atoms with van der Waals surface area (Å²) < 4.78 is 0. The van der Waals surface area contributed by atoms with E-state index < -0.39 is 5.41 Å². The van der Waals surface area contributed by atoms with Crippen LogP contribution in [-0.2, 0) is 11.8 Å². The van der Waals surface area contributed by atoms with Crippen molar-refractivity contribution >= 4 is 0 Å². The van der Waals surface area contributed by atoms with Crippen molar-refractivity contribution in [3.8, 4) is 145 Å². The first-order valence-electron chi connectivity index (χ1n) is 34.0. The Labute approximate surface area is 575 Å². The molecule has 16 aromatic rings. The summed E-state index contributed by atoms with van der Waals surface area (Å²) in [6.45, 7) is 0. The fourth-order valence-electron chi connectivity index (χ4n) is 15.1. The first-order valence-corrected chi connectivity index (χ1v) is 34.0. The van der Waals surface area contributed by atoms with Crippen molar-refractivity contribution in [2.45, 2.75) is 11.8 Å². The van der Waals surface area contributed by atoms with Crippen LogP contribution in [0.15, 0.2) is 400 Å². The third kappa shape index (κ3) is 11.7. The van der Waals surface area contributed by atoms with Gasteiger partial charge < -0.3 is 0 Å². The SMILES string of the molecule is c1ccc(-c2cc(-c3ccccc3)cc(-c3cc(CC4(c5cc(-c6cc(-c7ccccc7)cc(-c7ccccc7)c6)cc(-c6cc(-c7ccccc7)cc(-c7ccccc7)c6)c5)c5ccccc5-c5ccccc54)cc(-c4cc(-c5ccccc5)cc(-c5ccccc5)c4)c3)c2)cc1. The Balaban J connectivity index is 0.958. The average molecular weight is 1250 g/mol. The molecule has 0 N–H and O–H groups in total. The van der Waals surface area contributed by atoms with Crippen LogP contribution in [0.25, 0.3) is 145 Å². The standard InChI is InChI=1S/C98H68/c1-9-29-69(30-10-1)79-52-80(70-31-11-2-12-32-70)57-87(56-79)77-49-68(50-78(51-77)88-58-81(71-33-13-3-14-34-71)53-82(59-88)72-35-15-4-16-36-72)67-98(96-47-27-25-45-94(96)95-46-26-28-48-97(95)98)93-65-91(89-60-83(73-37-17-5-18-38-73)54-84(61-89)74-39-19-6-20-40-74)64-92(66-93)90-62-85(75-41-21-7-22-42-75)55-86(63-90)76-43-23-8-24-44-76/h1-66H,67H2. The van der Waals surface area contributed by atoms with Crippen molar-refractivity contribution in [1.82, 2.24) is 0 Å². The summed E-state index contributed by atoms with van der Waals surface area (Å²) in [6.07, 6.45) is 0.650. The molecule has 0 saturated carbocycles. The van der Waals surface area contributed by atoms with Crippen LogP contribution in [0.5, 0.6) is 0 Å². The zero-order valence-electron chi connectivity index (χ0n) is 54.3. The van der Waals surface area contributed by atoms with Crippen molar-refractivity contribution in [2.24, 2.45) is 0 Å². The lowest BCUT2D eigenvalue weighted by atomic mass is 9.67. The maximum atomic E-state index is 2.55. The fourth-order valence-corrected chi connectivity index (χ4v) is 15.1. The minimum atomic E-state index is -0.714. The highest BCUT2D eigenvalue weighted by Crippen LogP contribution is 2.56. The molecule has 0 saturated heterocycles. The summed E-state index contributed by atoms with van der Waals surface area (Å²) in [4.78, 5) is 0. The van der Waals surface area contributed by atoms with Crippen molar-refractivity contribution in [2.75, 3.05) is 0 Å². The number of benzene rings is 16. The van der Waals surface area contributed by atoms with Gasteiger partial charge in [0.25, 0.3) is 0 Å². The molecule has 460 valence electrons. The van der Waals surface area contributed by atoms with Crippen molar-refractivity contribution in [3.05, 3.63) is 423 Å². The van der Waals surface area contributed by atoms with E-state index in [0.717, 1.165) is 44.5 Å². The van der Waals surface area contributed by atoms with Gasteiger partial charge in [-0.1, -0.05) is 303 Å². The molecule has 0 aliphatic heterocycles. The molecule has 0 amide bonds. The van der Waals surface area contributed by atoms with Gasteiger partial charge in [-0.2, -0.15) is 0 Å². The molecule has 1 aliphatic rings. The quantitative estimate of drug-likeness (QED) is 0.0960. The molecule has 0 nitrogen and oxygen atoms in total. The van der Waals surface area contributed by atoms with Crippen LogP contribution in [0, 0.1) is 0 Å². The van der Waals surface area contributed by atoms with Gasteiger partial charge in [0, 0.05) is 0 Å². The zero-order valence-corrected chi connectivity index (χ0v) is 54.3. The normalized spacial score (nSPS) is 12.0. The Morgan fingerprint density at radius 2 is 0.306 bits per heavy atom. The number of hydrogen-bond acceptors (Lipinski definition) is 0. The highest BCUT2D eigenvalue weighted by atomic mass is 14.5. The molecule has 0 bridgehead atoms. The second kappa shape index (κ2) is 26.0. The fraction of sp³-hybridized carbons (Fsp3) is 0.0204. The van der Waals surface area contributed by atoms with E-state index in [4.69, 9.17) is 0 Å². The Kier molecular flexibility index (Phi) is 15.7. The third-order valence-corrected chi connectivity index (χ3v) is 19.9. The van der Waals surface area contributed by atoms with Crippen LogP contribution < -0.4 is 0 Å². The van der Waals surface area contributed by atoms with E-state index >= 15 is 0 Å². The van der Waals surface area contributed by atoms with Gasteiger partial charge in [-0.15, -0.1) is 0 Å². The summed E-state index contributed by atoms with van der Waals surface area (Å²) in [5.41, 5.74) is 34.8. The summed E-state index contributed by atoms with van der Waals surface area (Å²) in [5.74, 6) is 0. The number of rotatable bonds is 15. The van der Waals surface area contributed by atoms with Crippen LogP contribution in [0.3, 0.4) is 0 Å². The highest BCUT2D eigenvalue weighted by molar-refractivity contribution is 5.91. The molecule has 16 aromatic carbocycles. The van der Waals surface area contributed by atoms with Crippen molar-refractivity contribution < 1.29 is 0 Å². The molecule has 0 heterocycles. The zero-order chi connectivity index (χ0) is 65.2. The first kappa shape index (κ1) is 59.3. The summed E-state index contributed by atoms with van der Waals surface area (Å²) >= 11 is 0. The van der Waals surface area contributed by atoms with Crippen LogP contribution in [-0.4, -0.2) is 0 Å². The van der Waals surface area contributed by atoms with Crippen LogP contribution in [0.1, 0.15) is 22.3 Å². The lowest BCUT2D eigenvalue weighted by Crippen LogP contribution is -2.30. The van der Waals surface area contributed by atoms with E-state index in [1.807, 2.05) is 0 Å². The Bertz CT molecular complexity index is 4960. The van der Waals surface area contributed by atoms with Crippen LogP contribution >= 0.6 is 0 Å². The van der Waals surface area contributed by atoms with Crippen molar-refractivity contribution in [3.63, 3.8) is 0 Å². The Morgan fingerprint density at radius 3 is 0.520 bits per heavy atom. The van der Waals surface area contributed by atoms with Crippen LogP contribution in [0.4, 0.5) is 0 Å². The van der Waals surface area contributed by atoms with Gasteiger partial charge in [0.2, 0.25) is 0 Å². The monoisotopic (exact) mass is 1240 g/mol. The first-order chi connectivity index (χ1) is 48.5. The molecule has 0 radical (unpaired) electrons. The third-order valence-electron chi connectivity index (χ3n) is 19.9. The Morgan fingerprint density at radius 1 is 0.143 bits per heavy atom. The molecule has 0 unspecified atom stereocenters. The average Bonchev–Trinajstić information content (AvgIpc) is 1.52. The second-order valence-corrected chi connectivity index (χ2v) is 26.0. The molecule has 0 heteroatoms. The highest BCUT2D eigenvalue weighted by Gasteiger charge is 2.45. The van der Waals surface area contributed by atoms with Gasteiger partial charge >= 0.3 is 0 Å². The lowest BCUT2D eigenvalue weighted by Gasteiger charge is -2.35. The van der Waals surface area contributed by atoms with Gasteiger partial charge in [0.05, 0.1) is 5.41 Å². The van der Waals surface area contributed by atoms with Gasteiger partial charge in [-0.3, -0.25) is 0 Å². The largest absolute Gasteiger partial charge is 0.0622 e. The molecular weight excluding hydrogens is 1180 g/mol. The second-order valence-electron chi connectivity index (χ2n) is 26.0. The predicted molar refractivity (Wildman–Crippen MR) is 414 cm³/mol. The van der Waals surface area contributed by atoms with Gasteiger partial charge in [-0.25, -0.2) is 0 Å². The molecule has 17 rings (SSSR count). The van der Waals surface area contributed by atoms with E-state index in [1.165, 1.54) is 122 Å². The Hall–Kier alpha value is -12.5. The van der Waals surface area contributed by atoms with E-state index in [9.17, 15) is 0 Å². The molecule has 0 spiro atoms. The van der Waals surface area contributed by atoms with Gasteiger partial charge in [0.15, 0.2) is 0 Å². The molecule has 1 aliphatic carbocycles. The molecule has 98 heavy (non-hydrogen) atoms. The minimum Gasteiger partial charge on any atom is -0.0622 e. The molecule has 0 atom stereocenters. The minimum absolute atomic E-state index is 0.650. The molecule has 0 aromatic heterocycles. The molecular formula is C98H68. The maximum Gasteiger partial charge on any atom is 0.0504 e. The summed E-state index contributed by atoms with van der Waals surface area (Å²) in [5, 5.41) is 0. The maximum absolute atomic E-state index is 2.55. The van der Waals surface area contributed by atoms with Crippen molar-refractivity contribution in [1.29, 1.82) is 0 Å². The van der Waals surface area contributed by atoms with E-state index in [1.54, 1.807) is 0 Å². The topological polar surface area (TPSA) is 0 Å². The smallest absolute Gasteiger partial charge is 0.0504 e. The number of hydrogen-bond donors (Lipinski definition) is 0. The van der Waals surface area contributed by atoms with Gasteiger partial charge in [0.1, 0.15) is 0 Å². The summed E-state index contributed by atoms with van der Waals surface area (Å²) in [6, 6.07) is 149. The van der Waals surface area contributed by atoms with E-state index in [0.29, 0.717) is 6.42 Å². The lowest BCUT2D eigenvalue weighted by molar-refractivity contribution is 0.630. The summed E-state index contributed by atoms with van der Waals surface area (Å²) in [7, 11) is 0. The molecule has 0 fully saturated rings. The van der Waals surface area contributed by atoms with E-state index in [-0.39, 0.29) is 0 Å². The number of fused-ring (bicyclic) bond motifs is 3. The van der Waals surface area contributed by atoms with Crippen LogP contribution in [0.2, 0.25) is 0 Å². The predicted octanol–water partition coefficient (Wildman–Crippen LogP) is 26.2.